The first-order valence-corrected chi connectivity index (χ1v) is 6.30. The van der Waals surface area contributed by atoms with Gasteiger partial charge in [-0.25, -0.2) is 0 Å². The summed E-state index contributed by atoms with van der Waals surface area (Å²) in [5, 5.41) is 13.5. The average Bonchev–Trinajstić information content (AvgIpc) is 2.46. The van der Waals surface area contributed by atoms with Gasteiger partial charge in [0, 0.05) is 11.8 Å². The Morgan fingerprint density at radius 1 is 1.45 bits per heavy atom. The molecule has 1 aromatic carbocycles. The summed E-state index contributed by atoms with van der Waals surface area (Å²) < 4.78 is 4.90. The molecule has 0 fully saturated rings. The first-order chi connectivity index (χ1) is 9.37. The van der Waals surface area contributed by atoms with Crippen LogP contribution in [0.15, 0.2) is 18.2 Å². The van der Waals surface area contributed by atoms with Crippen LogP contribution in [0, 0.1) is 10.1 Å². The molecular weight excluding hydrogens is 262 g/mol. The van der Waals surface area contributed by atoms with E-state index in [1.807, 2.05) is 13.8 Å². The minimum Gasteiger partial charge on any atom is -0.490 e. The van der Waals surface area contributed by atoms with E-state index in [0.29, 0.717) is 18.5 Å². The molecule has 1 amide bonds. The van der Waals surface area contributed by atoms with Crippen molar-refractivity contribution in [1.82, 2.24) is 0 Å². The number of anilines is 1. The molecule has 7 heteroatoms. The van der Waals surface area contributed by atoms with E-state index in [4.69, 9.17) is 10.5 Å². The van der Waals surface area contributed by atoms with Crippen molar-refractivity contribution in [3.05, 3.63) is 28.3 Å². The van der Waals surface area contributed by atoms with E-state index in [1.165, 1.54) is 25.3 Å². The van der Waals surface area contributed by atoms with Crippen LogP contribution in [0.4, 0.5) is 11.4 Å². The molecule has 110 valence electrons. The fourth-order valence-electron chi connectivity index (χ4n) is 1.74. The molecule has 0 heterocycles. The van der Waals surface area contributed by atoms with Gasteiger partial charge in [-0.15, -0.1) is 0 Å². The van der Waals surface area contributed by atoms with E-state index in [-0.39, 0.29) is 17.3 Å². The average molecular weight is 281 g/mol. The third-order valence-corrected chi connectivity index (χ3v) is 3.35. The van der Waals surface area contributed by atoms with Crippen LogP contribution in [0.5, 0.6) is 5.75 Å². The Balaban J connectivity index is 3.02. The Labute approximate surface area is 117 Å². The fraction of sp³-hybridized carbons (Fsp3) is 0.462. The van der Waals surface area contributed by atoms with Gasteiger partial charge in [-0.1, -0.05) is 13.8 Å². The number of nitro groups is 1. The van der Waals surface area contributed by atoms with E-state index in [9.17, 15) is 14.9 Å². The highest BCUT2D eigenvalue weighted by Crippen LogP contribution is 2.30. The van der Waals surface area contributed by atoms with E-state index in [0.717, 1.165) is 0 Å². The lowest BCUT2D eigenvalue weighted by atomic mass is 9.93. The molecule has 1 aromatic rings. The number of methoxy groups -OCH3 is 1. The minimum absolute atomic E-state index is 0.137. The molecule has 0 saturated heterocycles. The first kappa shape index (κ1) is 15.9. The number of hydrogen-bond donors (Lipinski definition) is 2. The van der Waals surface area contributed by atoms with Gasteiger partial charge in [-0.3, -0.25) is 14.9 Å². The van der Waals surface area contributed by atoms with Crippen LogP contribution in [0.25, 0.3) is 0 Å². The number of nitro benzene ring substituents is 1. The second-order valence-electron chi connectivity index (χ2n) is 4.46. The Morgan fingerprint density at radius 2 is 2.05 bits per heavy atom. The maximum absolute atomic E-state index is 12.1. The summed E-state index contributed by atoms with van der Waals surface area (Å²) in [4.78, 5) is 22.4. The summed E-state index contributed by atoms with van der Waals surface area (Å²) >= 11 is 0. The van der Waals surface area contributed by atoms with Crippen molar-refractivity contribution in [2.75, 3.05) is 12.4 Å². The summed E-state index contributed by atoms with van der Waals surface area (Å²) in [7, 11) is 1.35. The normalized spacial score (nSPS) is 11.0. The zero-order valence-corrected chi connectivity index (χ0v) is 11.8. The lowest BCUT2D eigenvalue weighted by Crippen LogP contribution is -2.50. The lowest BCUT2D eigenvalue weighted by molar-refractivity contribution is -0.385. The maximum atomic E-state index is 12.1. The minimum atomic E-state index is -0.977. The van der Waals surface area contributed by atoms with Crippen LogP contribution < -0.4 is 15.8 Å². The third-order valence-electron chi connectivity index (χ3n) is 3.35. The van der Waals surface area contributed by atoms with Gasteiger partial charge in [0.15, 0.2) is 5.75 Å². The highest BCUT2D eigenvalue weighted by Gasteiger charge is 2.30. The zero-order chi connectivity index (χ0) is 15.3. The van der Waals surface area contributed by atoms with Crippen molar-refractivity contribution in [2.24, 2.45) is 5.73 Å². The molecule has 3 N–H and O–H groups in total. The second-order valence-corrected chi connectivity index (χ2v) is 4.46. The van der Waals surface area contributed by atoms with Gasteiger partial charge in [-0.05, 0) is 25.0 Å². The molecule has 0 radical (unpaired) electrons. The molecule has 0 spiro atoms. The van der Waals surface area contributed by atoms with Gasteiger partial charge < -0.3 is 15.8 Å². The first-order valence-electron chi connectivity index (χ1n) is 6.30. The smallest absolute Gasteiger partial charge is 0.312 e. The van der Waals surface area contributed by atoms with Crippen molar-refractivity contribution in [3.8, 4) is 5.75 Å². The molecule has 0 aromatic heterocycles. The Bertz CT molecular complexity index is 512. The number of rotatable bonds is 6. The summed E-state index contributed by atoms with van der Waals surface area (Å²) in [6.45, 7) is 3.64. The monoisotopic (exact) mass is 281 g/mol. The number of hydrogen-bond acceptors (Lipinski definition) is 5. The van der Waals surface area contributed by atoms with Crippen LogP contribution in [0.2, 0.25) is 0 Å². The Morgan fingerprint density at radius 3 is 2.50 bits per heavy atom. The summed E-state index contributed by atoms with van der Waals surface area (Å²) in [6.07, 6.45) is 0.959. The van der Waals surface area contributed by atoms with Crippen molar-refractivity contribution >= 4 is 17.3 Å². The molecular formula is C13H19N3O4. The van der Waals surface area contributed by atoms with Crippen LogP contribution >= 0.6 is 0 Å². The fourth-order valence-corrected chi connectivity index (χ4v) is 1.74. The zero-order valence-electron chi connectivity index (χ0n) is 11.8. The van der Waals surface area contributed by atoms with Crippen LogP contribution in [0.1, 0.15) is 26.7 Å². The maximum Gasteiger partial charge on any atom is 0.312 e. The molecule has 1 rings (SSSR count). The summed E-state index contributed by atoms with van der Waals surface area (Å²) in [5.74, 6) is -0.222. The molecule has 0 unspecified atom stereocenters. The van der Waals surface area contributed by atoms with Crippen molar-refractivity contribution < 1.29 is 14.5 Å². The van der Waals surface area contributed by atoms with Gasteiger partial charge >= 0.3 is 5.69 Å². The van der Waals surface area contributed by atoms with Crippen molar-refractivity contribution in [2.45, 2.75) is 32.2 Å². The Kier molecular flexibility index (Phi) is 5.04. The molecule has 7 nitrogen and oxygen atoms in total. The number of nitrogens with two attached hydrogens (primary N) is 1. The van der Waals surface area contributed by atoms with Gasteiger partial charge in [0.2, 0.25) is 5.91 Å². The molecule has 0 atom stereocenters. The number of carbonyl (C=O) groups excluding carboxylic acids is 1. The largest absolute Gasteiger partial charge is 0.490 e. The summed E-state index contributed by atoms with van der Waals surface area (Å²) in [5.41, 5.74) is 5.11. The van der Waals surface area contributed by atoms with Crippen LogP contribution in [-0.2, 0) is 4.79 Å². The highest BCUT2D eigenvalue weighted by atomic mass is 16.6. The van der Waals surface area contributed by atoms with E-state index in [1.54, 1.807) is 0 Å². The van der Waals surface area contributed by atoms with Crippen molar-refractivity contribution in [3.63, 3.8) is 0 Å². The highest BCUT2D eigenvalue weighted by molar-refractivity contribution is 5.98. The number of carbonyl (C=O) groups is 1. The number of amides is 1. The third kappa shape index (κ3) is 3.24. The van der Waals surface area contributed by atoms with Crippen LogP contribution in [0.3, 0.4) is 0 Å². The molecule has 0 aliphatic heterocycles. The van der Waals surface area contributed by atoms with E-state index in [2.05, 4.69) is 5.32 Å². The van der Waals surface area contributed by atoms with Gasteiger partial charge in [0.25, 0.3) is 0 Å². The van der Waals surface area contributed by atoms with Gasteiger partial charge in [-0.2, -0.15) is 0 Å². The summed E-state index contributed by atoms with van der Waals surface area (Å²) in [6, 6.07) is 4.22. The van der Waals surface area contributed by atoms with Crippen molar-refractivity contribution in [1.29, 1.82) is 0 Å². The van der Waals surface area contributed by atoms with Gasteiger partial charge in [0.1, 0.15) is 0 Å². The topological polar surface area (TPSA) is 107 Å². The molecule has 0 saturated carbocycles. The van der Waals surface area contributed by atoms with E-state index < -0.39 is 10.5 Å². The van der Waals surface area contributed by atoms with Crippen LogP contribution in [-0.4, -0.2) is 23.5 Å². The molecule has 0 aliphatic rings. The molecule has 0 bridgehead atoms. The molecule has 20 heavy (non-hydrogen) atoms. The predicted octanol–water partition coefficient (Wildman–Crippen LogP) is 2.06. The number of ether oxygens (including phenoxy) is 1. The predicted molar refractivity (Wildman–Crippen MR) is 75.8 cm³/mol. The van der Waals surface area contributed by atoms with Gasteiger partial charge in [0.05, 0.1) is 17.6 Å². The Hall–Kier alpha value is -2.15. The standard InChI is InChI=1S/C13H19N3O4/c1-4-13(14,5-2)12(17)15-9-6-7-11(20-3)10(8-9)16(18)19/h6-8H,4-5,14H2,1-3H3,(H,15,17). The second kappa shape index (κ2) is 6.33. The quantitative estimate of drug-likeness (QED) is 0.613. The number of nitrogens with zero attached hydrogens (tertiary/aromatic N) is 1. The SMILES string of the molecule is CCC(N)(CC)C(=O)Nc1ccc(OC)c([N+](=O)[O-])c1. The number of benzene rings is 1. The molecule has 0 aliphatic carbocycles. The number of nitrogens with one attached hydrogen (secondary N) is 1. The lowest BCUT2D eigenvalue weighted by Gasteiger charge is -2.25. The van der Waals surface area contributed by atoms with E-state index >= 15 is 0 Å².